The van der Waals surface area contributed by atoms with E-state index in [0.29, 0.717) is 69.3 Å². The molecule has 0 saturated heterocycles. The van der Waals surface area contributed by atoms with Crippen LogP contribution in [0.25, 0.3) is 21.8 Å². The van der Waals surface area contributed by atoms with Crippen molar-refractivity contribution in [3.8, 4) is 0 Å². The second-order valence-corrected chi connectivity index (χ2v) is 10.8. The number of pyridine rings is 2. The molecule has 11 nitrogen and oxygen atoms in total. The fourth-order valence-electron chi connectivity index (χ4n) is 5.97. The van der Waals surface area contributed by atoms with E-state index in [1.165, 1.54) is 35.5 Å². The number of aliphatic hydroxyl groups excluding tert-OH is 1. The molecule has 0 fully saturated rings. The molecule has 2 aromatic carbocycles. The summed E-state index contributed by atoms with van der Waals surface area (Å²) in [5, 5.41) is 16.2. The first kappa shape index (κ1) is 32.1. The number of fused-ring (bicyclic) bond motifs is 6. The summed E-state index contributed by atoms with van der Waals surface area (Å²) >= 11 is 0. The minimum absolute atomic E-state index is 0.0195. The van der Waals surface area contributed by atoms with Gasteiger partial charge in [-0.25, -0.2) is 13.6 Å². The molecule has 45 heavy (non-hydrogen) atoms. The van der Waals surface area contributed by atoms with E-state index in [1.54, 1.807) is 13.0 Å². The third-order valence-electron chi connectivity index (χ3n) is 7.91. The zero-order valence-corrected chi connectivity index (χ0v) is 25.4. The van der Waals surface area contributed by atoms with Crippen molar-refractivity contribution < 1.29 is 32.9 Å². The molecule has 4 aromatic rings. The highest BCUT2D eigenvalue weighted by Crippen LogP contribution is 2.33. The first-order chi connectivity index (χ1) is 21.7. The minimum atomic E-state index is -0.625. The summed E-state index contributed by atoms with van der Waals surface area (Å²) in [4.78, 5) is 37.3. The van der Waals surface area contributed by atoms with E-state index in [0.717, 1.165) is 25.5 Å². The molecule has 2 aliphatic heterocycles. The highest BCUT2D eigenvalue weighted by Gasteiger charge is 2.24. The van der Waals surface area contributed by atoms with Crippen LogP contribution < -0.4 is 21.8 Å². The fourth-order valence-corrected chi connectivity index (χ4v) is 5.97. The van der Waals surface area contributed by atoms with Crippen LogP contribution >= 0.6 is 0 Å². The second kappa shape index (κ2) is 13.8. The lowest BCUT2D eigenvalue weighted by atomic mass is 9.99. The number of nitrogens with zero attached hydrogens (tertiary/aromatic N) is 2. The van der Waals surface area contributed by atoms with E-state index in [-0.39, 0.29) is 43.4 Å². The van der Waals surface area contributed by atoms with E-state index in [1.807, 2.05) is 0 Å². The first-order valence-corrected chi connectivity index (χ1v) is 14.8. The van der Waals surface area contributed by atoms with Crippen molar-refractivity contribution in [1.82, 2.24) is 9.13 Å². The van der Waals surface area contributed by atoms with Gasteiger partial charge in [0.2, 0.25) is 0 Å². The Bertz CT molecular complexity index is 1890. The average molecular weight is 627 g/mol. The summed E-state index contributed by atoms with van der Waals surface area (Å²) in [6.07, 6.45) is 2.86. The van der Waals surface area contributed by atoms with Crippen LogP contribution in [-0.4, -0.2) is 54.1 Å². The molecular weight excluding hydrogens is 590 g/mol. The molecule has 0 unspecified atom stereocenters. The Kier molecular flexibility index (Phi) is 9.80. The van der Waals surface area contributed by atoms with Crippen LogP contribution in [-0.2, 0) is 47.1 Å². The molecule has 4 heterocycles. The van der Waals surface area contributed by atoms with Crippen molar-refractivity contribution in [2.45, 2.75) is 52.7 Å². The Morgan fingerprint density at radius 2 is 1.36 bits per heavy atom. The summed E-state index contributed by atoms with van der Waals surface area (Å²) in [5.74, 6) is -1.63. The number of rotatable bonds is 7. The predicted molar refractivity (Wildman–Crippen MR) is 166 cm³/mol. The largest absolute Gasteiger partial charge is 0.462 e. The van der Waals surface area contributed by atoms with E-state index >= 15 is 0 Å². The molecule has 0 aliphatic carbocycles. The number of esters is 1. The number of halogens is 2. The number of aromatic nitrogens is 2. The van der Waals surface area contributed by atoms with E-state index in [9.17, 15) is 28.3 Å². The number of hydrogen-bond donors (Lipinski definition) is 3. The lowest BCUT2D eigenvalue weighted by Gasteiger charge is -2.22. The topological polar surface area (TPSA) is 133 Å². The third kappa shape index (κ3) is 6.02. The van der Waals surface area contributed by atoms with Crippen molar-refractivity contribution in [2.75, 3.05) is 44.5 Å². The molecule has 240 valence electrons. The molecule has 0 radical (unpaired) electrons. The molecule has 2 aromatic heterocycles. The highest BCUT2D eigenvalue weighted by molar-refractivity contribution is 6.00. The standard InChI is InChI=1S/C17H19FN2O4.C15H17FN2O3/c1-3-24-17(22)10-7-12(18)14-13(8-10)20(9-23-2)16(21)11-5-4-6-19-15(11)14;1-21-8-18-12-6-9(7-19)5-11(16)13(12)14-10(15(18)20)3-2-4-17-14/h7-8,19H,3-6,9H2,1-2H3;5-6,17,19H,2-4,7-8H2,1H3. The molecule has 0 atom stereocenters. The summed E-state index contributed by atoms with van der Waals surface area (Å²) in [6, 6.07) is 5.57. The Morgan fingerprint density at radius 1 is 0.844 bits per heavy atom. The molecule has 13 heteroatoms. The zero-order chi connectivity index (χ0) is 32.2. The molecule has 2 aliphatic rings. The number of ether oxygens (including phenoxy) is 3. The van der Waals surface area contributed by atoms with Crippen LogP contribution in [0.5, 0.6) is 0 Å². The maximum absolute atomic E-state index is 14.8. The lowest BCUT2D eigenvalue weighted by molar-refractivity contribution is 0.0526. The van der Waals surface area contributed by atoms with Gasteiger partial charge >= 0.3 is 5.97 Å². The van der Waals surface area contributed by atoms with Crippen LogP contribution in [0.4, 0.5) is 20.2 Å². The second-order valence-electron chi connectivity index (χ2n) is 10.8. The molecule has 0 amide bonds. The Balaban J connectivity index is 0.000000179. The quantitative estimate of drug-likeness (QED) is 0.262. The van der Waals surface area contributed by atoms with Gasteiger partial charge in [0.15, 0.2) is 0 Å². The molecule has 0 spiro atoms. The molecule has 6 rings (SSSR count). The Morgan fingerprint density at radius 3 is 1.84 bits per heavy atom. The number of carbonyl (C=O) groups is 1. The van der Waals surface area contributed by atoms with Crippen LogP contribution in [0.2, 0.25) is 0 Å². The maximum Gasteiger partial charge on any atom is 0.338 e. The number of nitrogens with one attached hydrogen (secondary N) is 2. The van der Waals surface area contributed by atoms with Crippen molar-refractivity contribution in [2.24, 2.45) is 0 Å². The normalized spacial score (nSPS) is 13.7. The van der Waals surface area contributed by atoms with Gasteiger partial charge in [0.1, 0.15) is 25.1 Å². The minimum Gasteiger partial charge on any atom is -0.462 e. The predicted octanol–water partition coefficient (Wildman–Crippen LogP) is 3.87. The van der Waals surface area contributed by atoms with E-state index < -0.39 is 17.6 Å². The van der Waals surface area contributed by atoms with Crippen molar-refractivity contribution in [3.63, 3.8) is 0 Å². The van der Waals surface area contributed by atoms with Crippen LogP contribution in [0.15, 0.2) is 33.9 Å². The zero-order valence-electron chi connectivity index (χ0n) is 25.4. The van der Waals surface area contributed by atoms with Gasteiger partial charge in [-0.2, -0.15) is 0 Å². The third-order valence-corrected chi connectivity index (χ3v) is 7.91. The van der Waals surface area contributed by atoms with Gasteiger partial charge in [-0.1, -0.05) is 0 Å². The number of benzene rings is 2. The van der Waals surface area contributed by atoms with E-state index in [4.69, 9.17) is 14.2 Å². The number of aliphatic hydroxyl groups is 1. The van der Waals surface area contributed by atoms with Gasteiger partial charge < -0.3 is 30.0 Å². The fraction of sp³-hybridized carbons (Fsp3) is 0.406. The molecular formula is C32H36F2N4O7. The summed E-state index contributed by atoms with van der Waals surface area (Å²) < 4.78 is 47.1. The molecule has 0 bridgehead atoms. The Labute approximate surface area is 257 Å². The monoisotopic (exact) mass is 626 g/mol. The summed E-state index contributed by atoms with van der Waals surface area (Å²) in [7, 11) is 2.95. The van der Waals surface area contributed by atoms with Crippen LogP contribution in [0.3, 0.4) is 0 Å². The number of hydrogen-bond acceptors (Lipinski definition) is 9. The van der Waals surface area contributed by atoms with Crippen molar-refractivity contribution in [1.29, 1.82) is 0 Å². The SMILES string of the molecule is CCOC(=O)c1cc(F)c2c3c(c(=O)n(COC)c2c1)CCCN3.COCn1c(=O)c2c(c3c(F)cc(CO)cc31)NCCC2. The number of anilines is 2. The van der Waals surface area contributed by atoms with Crippen molar-refractivity contribution >= 4 is 39.1 Å². The van der Waals surface area contributed by atoms with Gasteiger partial charge in [-0.15, -0.1) is 0 Å². The average Bonchev–Trinajstić information content (AvgIpc) is 3.04. The van der Waals surface area contributed by atoms with Gasteiger partial charge in [0, 0.05) is 38.4 Å². The first-order valence-electron chi connectivity index (χ1n) is 14.8. The van der Waals surface area contributed by atoms with Gasteiger partial charge in [-0.3, -0.25) is 18.7 Å². The van der Waals surface area contributed by atoms with Crippen LogP contribution in [0.1, 0.15) is 46.8 Å². The Hall–Kier alpha value is -4.33. The maximum atomic E-state index is 14.8. The number of carbonyl (C=O) groups excluding carboxylic acids is 1. The van der Waals surface area contributed by atoms with Gasteiger partial charge in [0.05, 0.1) is 52.0 Å². The van der Waals surface area contributed by atoms with Gasteiger partial charge in [0.25, 0.3) is 11.1 Å². The van der Waals surface area contributed by atoms with Crippen molar-refractivity contribution in [3.05, 3.63) is 78.9 Å². The van der Waals surface area contributed by atoms with Gasteiger partial charge in [-0.05, 0) is 62.4 Å². The summed E-state index contributed by atoms with van der Waals surface area (Å²) in [5.41, 5.74) is 3.11. The highest BCUT2D eigenvalue weighted by atomic mass is 19.1. The lowest BCUT2D eigenvalue weighted by Crippen LogP contribution is -2.30. The molecule has 3 N–H and O–H groups in total. The smallest absolute Gasteiger partial charge is 0.338 e. The van der Waals surface area contributed by atoms with E-state index in [2.05, 4.69) is 10.6 Å². The number of methoxy groups -OCH3 is 2. The summed E-state index contributed by atoms with van der Waals surface area (Å²) in [6.45, 7) is 3.02. The molecule has 0 saturated carbocycles. The van der Waals surface area contributed by atoms with Crippen LogP contribution in [0, 0.1) is 11.6 Å².